The highest BCUT2D eigenvalue weighted by molar-refractivity contribution is 7.09. The lowest BCUT2D eigenvalue weighted by atomic mass is 10.4. The molecule has 1 aromatic heterocycles. The quantitative estimate of drug-likeness (QED) is 0.539. The van der Waals surface area contributed by atoms with Crippen LogP contribution in [0.15, 0.2) is 22.5 Å². The molecule has 1 aliphatic carbocycles. The second-order valence-electron chi connectivity index (χ2n) is 3.80. The van der Waals surface area contributed by atoms with Crippen LogP contribution in [0, 0.1) is 5.41 Å². The van der Waals surface area contributed by atoms with Crippen LogP contribution in [0.2, 0.25) is 0 Å². The molecule has 0 atom stereocenters. The van der Waals surface area contributed by atoms with Gasteiger partial charge in [0.1, 0.15) is 0 Å². The van der Waals surface area contributed by atoms with Crippen molar-refractivity contribution in [3.8, 4) is 0 Å². The molecule has 1 saturated carbocycles. The molecule has 2 rings (SSSR count). The first-order valence-corrected chi connectivity index (χ1v) is 6.02. The lowest BCUT2D eigenvalue weighted by Gasteiger charge is -2.21. The highest BCUT2D eigenvalue weighted by Crippen LogP contribution is 2.29. The minimum absolute atomic E-state index is 0.0539. The SMILES string of the molecule is N=C(N=C(N)N)N(Cc1cccs1)C1CC1. The van der Waals surface area contributed by atoms with Crippen molar-refractivity contribution in [3.05, 3.63) is 22.4 Å². The third-order valence-electron chi connectivity index (χ3n) is 2.40. The molecule has 0 spiro atoms. The summed E-state index contributed by atoms with van der Waals surface area (Å²) in [6, 6.07) is 4.50. The largest absolute Gasteiger partial charge is 0.370 e. The van der Waals surface area contributed by atoms with Crippen molar-refractivity contribution in [1.29, 1.82) is 5.41 Å². The van der Waals surface area contributed by atoms with Crippen LogP contribution in [0.5, 0.6) is 0 Å². The maximum Gasteiger partial charge on any atom is 0.221 e. The van der Waals surface area contributed by atoms with E-state index in [9.17, 15) is 0 Å². The Balaban J connectivity index is 2.05. The highest BCUT2D eigenvalue weighted by Gasteiger charge is 2.31. The van der Waals surface area contributed by atoms with Gasteiger partial charge in [0.05, 0.1) is 6.54 Å². The number of nitrogens with zero attached hydrogens (tertiary/aromatic N) is 2. The summed E-state index contributed by atoms with van der Waals surface area (Å²) >= 11 is 1.68. The predicted molar refractivity (Wildman–Crippen MR) is 66.4 cm³/mol. The molecule has 0 amide bonds. The molecule has 1 fully saturated rings. The fraction of sp³-hybridized carbons (Fsp3) is 0.400. The van der Waals surface area contributed by atoms with E-state index in [4.69, 9.17) is 16.9 Å². The van der Waals surface area contributed by atoms with Crippen molar-refractivity contribution in [3.63, 3.8) is 0 Å². The van der Waals surface area contributed by atoms with Crippen LogP contribution in [-0.2, 0) is 6.54 Å². The van der Waals surface area contributed by atoms with Gasteiger partial charge in [-0.3, -0.25) is 5.41 Å². The van der Waals surface area contributed by atoms with Gasteiger partial charge in [-0.25, -0.2) is 0 Å². The first kappa shape index (κ1) is 10.9. The summed E-state index contributed by atoms with van der Waals surface area (Å²) in [5, 5.41) is 9.86. The first-order chi connectivity index (χ1) is 7.66. The van der Waals surface area contributed by atoms with Crippen LogP contribution < -0.4 is 11.5 Å². The van der Waals surface area contributed by atoms with Gasteiger partial charge >= 0.3 is 0 Å². The Hall–Kier alpha value is -1.56. The van der Waals surface area contributed by atoms with E-state index in [0.717, 1.165) is 19.4 Å². The topological polar surface area (TPSA) is 91.5 Å². The molecular weight excluding hydrogens is 222 g/mol. The molecule has 0 radical (unpaired) electrons. The lowest BCUT2D eigenvalue weighted by molar-refractivity contribution is 0.399. The van der Waals surface area contributed by atoms with Gasteiger partial charge in [-0.1, -0.05) is 6.07 Å². The summed E-state index contributed by atoms with van der Waals surface area (Å²) in [6.07, 6.45) is 2.24. The van der Waals surface area contributed by atoms with Crippen LogP contribution in [0.1, 0.15) is 17.7 Å². The van der Waals surface area contributed by atoms with E-state index in [1.165, 1.54) is 4.88 Å². The molecule has 1 heterocycles. The number of hydrogen-bond acceptors (Lipinski definition) is 2. The Bertz CT molecular complexity index is 389. The number of nitrogens with two attached hydrogens (primary N) is 2. The van der Waals surface area contributed by atoms with Gasteiger partial charge in [-0.15, -0.1) is 11.3 Å². The van der Waals surface area contributed by atoms with Gasteiger partial charge in [-0.2, -0.15) is 4.99 Å². The summed E-state index contributed by atoms with van der Waals surface area (Å²) in [7, 11) is 0. The summed E-state index contributed by atoms with van der Waals surface area (Å²) in [5.74, 6) is 0.109. The summed E-state index contributed by atoms with van der Waals surface area (Å²) in [5.41, 5.74) is 10.6. The zero-order valence-electron chi connectivity index (χ0n) is 8.89. The number of guanidine groups is 2. The zero-order valence-corrected chi connectivity index (χ0v) is 9.70. The van der Waals surface area contributed by atoms with Crippen molar-refractivity contribution >= 4 is 23.3 Å². The minimum atomic E-state index is -0.0539. The fourth-order valence-corrected chi connectivity index (χ4v) is 2.22. The number of thiophene rings is 1. The molecule has 5 nitrogen and oxygen atoms in total. The molecule has 5 N–H and O–H groups in total. The van der Waals surface area contributed by atoms with Gasteiger partial charge in [-0.05, 0) is 24.3 Å². The molecular formula is C10H15N5S. The van der Waals surface area contributed by atoms with Crippen molar-refractivity contribution in [2.24, 2.45) is 16.5 Å². The van der Waals surface area contributed by atoms with E-state index in [1.807, 2.05) is 16.3 Å². The van der Waals surface area contributed by atoms with E-state index < -0.39 is 0 Å². The molecule has 0 aromatic carbocycles. The van der Waals surface area contributed by atoms with Crippen LogP contribution in [0.25, 0.3) is 0 Å². The van der Waals surface area contributed by atoms with Gasteiger partial charge < -0.3 is 16.4 Å². The number of hydrogen-bond donors (Lipinski definition) is 3. The van der Waals surface area contributed by atoms with Crippen LogP contribution >= 0.6 is 11.3 Å². The maximum absolute atomic E-state index is 7.83. The zero-order chi connectivity index (χ0) is 11.5. The van der Waals surface area contributed by atoms with Crippen molar-refractivity contribution in [2.45, 2.75) is 25.4 Å². The van der Waals surface area contributed by atoms with Gasteiger partial charge in [0, 0.05) is 10.9 Å². The smallest absolute Gasteiger partial charge is 0.221 e. The van der Waals surface area contributed by atoms with E-state index in [1.54, 1.807) is 11.3 Å². The van der Waals surface area contributed by atoms with Gasteiger partial charge in [0.2, 0.25) is 5.96 Å². The minimum Gasteiger partial charge on any atom is -0.370 e. The predicted octanol–water partition coefficient (Wildman–Crippen LogP) is 0.921. The molecule has 6 heteroatoms. The van der Waals surface area contributed by atoms with Crippen LogP contribution in [0.3, 0.4) is 0 Å². The molecule has 16 heavy (non-hydrogen) atoms. The summed E-state index contributed by atoms with van der Waals surface area (Å²) < 4.78 is 0. The molecule has 0 bridgehead atoms. The molecule has 86 valence electrons. The van der Waals surface area contributed by atoms with Crippen molar-refractivity contribution < 1.29 is 0 Å². The van der Waals surface area contributed by atoms with E-state index in [0.29, 0.717) is 6.04 Å². The van der Waals surface area contributed by atoms with Gasteiger partial charge in [0.15, 0.2) is 5.96 Å². The lowest BCUT2D eigenvalue weighted by Crippen LogP contribution is -2.34. The van der Waals surface area contributed by atoms with Crippen LogP contribution in [0.4, 0.5) is 0 Å². The molecule has 0 unspecified atom stereocenters. The second-order valence-corrected chi connectivity index (χ2v) is 4.83. The number of nitrogens with one attached hydrogen (secondary N) is 1. The third kappa shape index (κ3) is 2.73. The Labute approximate surface area is 98.3 Å². The third-order valence-corrected chi connectivity index (χ3v) is 3.26. The Morgan fingerprint density at radius 2 is 2.31 bits per heavy atom. The fourth-order valence-electron chi connectivity index (χ4n) is 1.52. The summed E-state index contributed by atoms with van der Waals surface area (Å²) in [6.45, 7) is 0.720. The van der Waals surface area contributed by atoms with Gasteiger partial charge in [0.25, 0.3) is 0 Å². The van der Waals surface area contributed by atoms with E-state index in [2.05, 4.69) is 11.1 Å². The Morgan fingerprint density at radius 3 is 2.81 bits per heavy atom. The standard InChI is InChI=1S/C10H15N5S/c11-9(12)14-10(13)15(7-3-4-7)6-8-2-1-5-16-8/h1-2,5,7H,3-4,6H2,(H5,11,12,13,14). The molecule has 0 aliphatic heterocycles. The Morgan fingerprint density at radius 1 is 1.56 bits per heavy atom. The second kappa shape index (κ2) is 4.52. The van der Waals surface area contributed by atoms with E-state index in [-0.39, 0.29) is 11.9 Å². The highest BCUT2D eigenvalue weighted by atomic mass is 32.1. The average Bonchev–Trinajstić information content (AvgIpc) is 2.91. The number of aliphatic imine (C=N–C) groups is 1. The Kier molecular flexibility index (Phi) is 3.09. The van der Waals surface area contributed by atoms with Crippen molar-refractivity contribution in [1.82, 2.24) is 4.90 Å². The maximum atomic E-state index is 7.83. The molecule has 0 saturated heterocycles. The average molecular weight is 237 g/mol. The number of rotatable bonds is 3. The monoisotopic (exact) mass is 237 g/mol. The molecule has 1 aliphatic rings. The molecule has 1 aromatic rings. The first-order valence-electron chi connectivity index (χ1n) is 5.14. The summed E-state index contributed by atoms with van der Waals surface area (Å²) in [4.78, 5) is 6.98. The normalized spacial score (nSPS) is 14.5. The van der Waals surface area contributed by atoms with E-state index >= 15 is 0 Å². The van der Waals surface area contributed by atoms with Crippen LogP contribution in [-0.4, -0.2) is 22.9 Å². The van der Waals surface area contributed by atoms with Crippen molar-refractivity contribution in [2.75, 3.05) is 0 Å².